The van der Waals surface area contributed by atoms with Crippen LogP contribution in [0.15, 0.2) is 52.5 Å². The van der Waals surface area contributed by atoms with E-state index in [-0.39, 0.29) is 6.04 Å². The second-order valence-electron chi connectivity index (χ2n) is 8.22. The summed E-state index contributed by atoms with van der Waals surface area (Å²) in [5.74, 6) is 0. The summed E-state index contributed by atoms with van der Waals surface area (Å²) in [5.41, 5.74) is 2.15. The molecule has 2 aromatic rings. The van der Waals surface area contributed by atoms with Crippen LogP contribution >= 0.6 is 11.8 Å². The molecule has 1 saturated heterocycles. The largest absolute Gasteiger partial charge is 0.250 e. The van der Waals surface area contributed by atoms with Crippen molar-refractivity contribution in [3.8, 4) is 0 Å². The summed E-state index contributed by atoms with van der Waals surface area (Å²) in [5, 5.41) is 1.62. The third-order valence-electron chi connectivity index (χ3n) is 6.07. The van der Waals surface area contributed by atoms with E-state index in [2.05, 4.69) is 6.07 Å². The predicted molar refractivity (Wildman–Crippen MR) is 119 cm³/mol. The summed E-state index contributed by atoms with van der Waals surface area (Å²) in [6.07, 6.45) is 11.0. The van der Waals surface area contributed by atoms with E-state index < -0.39 is 10.0 Å². The number of hydrogen-bond donors (Lipinski definition) is 0. The van der Waals surface area contributed by atoms with Crippen LogP contribution in [0.1, 0.15) is 68.5 Å². The summed E-state index contributed by atoms with van der Waals surface area (Å²) in [6, 6.07) is 11.1. The molecule has 4 nitrogen and oxygen atoms in total. The first-order valence-electron chi connectivity index (χ1n) is 10.8. The molecule has 2 fully saturated rings. The van der Waals surface area contributed by atoms with Crippen molar-refractivity contribution in [2.45, 2.75) is 79.5 Å². The van der Waals surface area contributed by atoms with Crippen LogP contribution in [0.25, 0.3) is 0 Å². The monoisotopic (exact) mass is 430 g/mol. The summed E-state index contributed by atoms with van der Waals surface area (Å²) in [6.45, 7) is 2.55. The minimum Gasteiger partial charge on any atom is -0.250 e. The Morgan fingerprint density at radius 2 is 1.69 bits per heavy atom. The zero-order valence-electron chi connectivity index (χ0n) is 17.1. The molecule has 2 heterocycles. The Balaban J connectivity index is 1.65. The van der Waals surface area contributed by atoms with Gasteiger partial charge in [0.2, 0.25) is 10.0 Å². The lowest BCUT2D eigenvalue weighted by molar-refractivity contribution is 0.252. The highest BCUT2D eigenvalue weighted by atomic mass is 32.2. The molecule has 1 aliphatic heterocycles. The van der Waals surface area contributed by atoms with E-state index in [9.17, 15) is 8.42 Å². The van der Waals surface area contributed by atoms with Crippen LogP contribution in [-0.4, -0.2) is 29.5 Å². The highest BCUT2D eigenvalue weighted by Crippen LogP contribution is 2.41. The van der Waals surface area contributed by atoms with Gasteiger partial charge in [-0.05, 0) is 50.8 Å². The average Bonchev–Trinajstić information content (AvgIpc) is 2.75. The molecule has 0 N–H and O–H groups in total. The molecule has 0 bridgehead atoms. The fourth-order valence-corrected chi connectivity index (χ4v) is 7.47. The van der Waals surface area contributed by atoms with Crippen molar-refractivity contribution in [1.29, 1.82) is 0 Å². The number of rotatable bonds is 5. The van der Waals surface area contributed by atoms with Crippen LogP contribution in [0.3, 0.4) is 0 Å². The maximum absolute atomic E-state index is 13.5. The number of aryl methyl sites for hydroxylation is 1. The minimum absolute atomic E-state index is 0.130. The average molecular weight is 431 g/mol. The molecule has 1 saturated carbocycles. The normalized spacial score (nSPS) is 21.9. The number of pyridine rings is 1. The Kier molecular flexibility index (Phi) is 6.62. The van der Waals surface area contributed by atoms with Crippen LogP contribution in [0.2, 0.25) is 0 Å². The SMILES string of the molecule is Cc1ccc(S(=O)(=O)N2CCCC[C@H]2c2cccnc2SC2CCCCC2)cc1. The van der Waals surface area contributed by atoms with Gasteiger partial charge in [-0.25, -0.2) is 13.4 Å². The van der Waals surface area contributed by atoms with Crippen molar-refractivity contribution in [2.75, 3.05) is 6.54 Å². The second kappa shape index (κ2) is 9.19. The Hall–Kier alpha value is -1.37. The maximum Gasteiger partial charge on any atom is 0.243 e. The highest BCUT2D eigenvalue weighted by molar-refractivity contribution is 7.99. The number of hydrogen-bond acceptors (Lipinski definition) is 4. The van der Waals surface area contributed by atoms with Crippen molar-refractivity contribution >= 4 is 21.8 Å². The lowest BCUT2D eigenvalue weighted by atomic mass is 9.99. The third kappa shape index (κ3) is 4.70. The van der Waals surface area contributed by atoms with Crippen LogP contribution < -0.4 is 0 Å². The van der Waals surface area contributed by atoms with Crippen LogP contribution in [-0.2, 0) is 10.0 Å². The zero-order chi connectivity index (χ0) is 20.3. The number of aromatic nitrogens is 1. The first kappa shape index (κ1) is 20.9. The fourth-order valence-electron chi connectivity index (χ4n) is 4.45. The van der Waals surface area contributed by atoms with Crippen LogP contribution in [0, 0.1) is 6.92 Å². The van der Waals surface area contributed by atoms with E-state index in [0.29, 0.717) is 16.7 Å². The number of sulfonamides is 1. The van der Waals surface area contributed by atoms with Gasteiger partial charge in [0.25, 0.3) is 0 Å². The van der Waals surface area contributed by atoms with Crippen molar-refractivity contribution in [3.63, 3.8) is 0 Å². The molecule has 1 aromatic carbocycles. The Morgan fingerprint density at radius 1 is 0.966 bits per heavy atom. The van der Waals surface area contributed by atoms with Gasteiger partial charge in [-0.2, -0.15) is 4.31 Å². The van der Waals surface area contributed by atoms with E-state index in [1.807, 2.05) is 43.1 Å². The van der Waals surface area contributed by atoms with Gasteiger partial charge in [-0.15, -0.1) is 11.8 Å². The molecular weight excluding hydrogens is 400 g/mol. The Labute approximate surface area is 179 Å². The molecule has 2 aliphatic rings. The molecule has 0 spiro atoms. The van der Waals surface area contributed by atoms with Gasteiger partial charge in [0, 0.05) is 23.6 Å². The predicted octanol–water partition coefficient (Wildman–Crippen LogP) is 5.73. The molecule has 1 atom stereocenters. The fraction of sp³-hybridized carbons (Fsp3) is 0.522. The molecule has 156 valence electrons. The second-order valence-corrected chi connectivity index (χ2v) is 11.4. The number of thioether (sulfide) groups is 1. The summed E-state index contributed by atoms with van der Waals surface area (Å²) in [7, 11) is -3.53. The first-order chi connectivity index (χ1) is 14.1. The molecule has 0 amide bonds. The van der Waals surface area contributed by atoms with Gasteiger partial charge in [-0.3, -0.25) is 0 Å². The first-order valence-corrected chi connectivity index (χ1v) is 13.1. The molecule has 1 aromatic heterocycles. The quantitative estimate of drug-likeness (QED) is 0.608. The van der Waals surface area contributed by atoms with Gasteiger partial charge >= 0.3 is 0 Å². The Bertz CT molecular complexity index is 922. The van der Waals surface area contributed by atoms with Crippen LogP contribution in [0.5, 0.6) is 0 Å². The van der Waals surface area contributed by atoms with Gasteiger partial charge in [0.05, 0.1) is 10.9 Å². The topological polar surface area (TPSA) is 50.3 Å². The highest BCUT2D eigenvalue weighted by Gasteiger charge is 2.36. The molecular formula is C23H30N2O2S2. The maximum atomic E-state index is 13.5. The van der Waals surface area contributed by atoms with E-state index >= 15 is 0 Å². The number of piperidine rings is 1. The minimum atomic E-state index is -3.53. The zero-order valence-corrected chi connectivity index (χ0v) is 18.7. The van der Waals surface area contributed by atoms with Crippen molar-refractivity contribution in [2.24, 2.45) is 0 Å². The standard InChI is InChI=1S/C23H30N2O2S2/c1-18-12-14-20(15-13-18)29(26,27)25-17-6-5-11-22(25)21-10-7-16-24-23(21)28-19-8-3-2-4-9-19/h7,10,12-16,19,22H,2-6,8-9,11,17H2,1H3/t22-/m0/s1. The Morgan fingerprint density at radius 3 is 2.45 bits per heavy atom. The van der Waals surface area contributed by atoms with Gasteiger partial charge in [0.15, 0.2) is 0 Å². The molecule has 0 unspecified atom stereocenters. The van der Waals surface area contributed by atoms with Gasteiger partial charge in [-0.1, -0.05) is 49.4 Å². The van der Waals surface area contributed by atoms with Gasteiger partial charge in [0.1, 0.15) is 5.03 Å². The van der Waals surface area contributed by atoms with E-state index in [4.69, 9.17) is 4.98 Å². The number of benzene rings is 1. The lowest BCUT2D eigenvalue weighted by Gasteiger charge is -2.36. The number of nitrogens with zero attached hydrogens (tertiary/aromatic N) is 2. The molecule has 4 rings (SSSR count). The van der Waals surface area contributed by atoms with Crippen molar-refractivity contribution < 1.29 is 8.42 Å². The van der Waals surface area contributed by atoms with Gasteiger partial charge < -0.3 is 0 Å². The molecule has 6 heteroatoms. The van der Waals surface area contributed by atoms with E-state index in [0.717, 1.165) is 35.4 Å². The third-order valence-corrected chi connectivity index (χ3v) is 9.36. The summed E-state index contributed by atoms with van der Waals surface area (Å²) < 4.78 is 28.7. The molecule has 0 radical (unpaired) electrons. The summed E-state index contributed by atoms with van der Waals surface area (Å²) >= 11 is 1.86. The smallest absolute Gasteiger partial charge is 0.243 e. The van der Waals surface area contributed by atoms with Crippen LogP contribution in [0.4, 0.5) is 0 Å². The van der Waals surface area contributed by atoms with E-state index in [1.54, 1.807) is 16.4 Å². The lowest BCUT2D eigenvalue weighted by Crippen LogP contribution is -2.38. The van der Waals surface area contributed by atoms with E-state index in [1.165, 1.54) is 32.1 Å². The molecule has 1 aliphatic carbocycles. The van der Waals surface area contributed by atoms with Crippen molar-refractivity contribution in [3.05, 3.63) is 53.7 Å². The van der Waals surface area contributed by atoms with Crippen molar-refractivity contribution in [1.82, 2.24) is 9.29 Å². The molecule has 29 heavy (non-hydrogen) atoms. The summed E-state index contributed by atoms with van der Waals surface area (Å²) in [4.78, 5) is 5.08.